The molecular formula is C22H16ClFN6OS2. The van der Waals surface area contributed by atoms with Gasteiger partial charge in [0.1, 0.15) is 17.1 Å². The van der Waals surface area contributed by atoms with Crippen LogP contribution in [0.2, 0.25) is 5.02 Å². The summed E-state index contributed by atoms with van der Waals surface area (Å²) in [7, 11) is 1.54. The molecule has 11 heteroatoms. The molecule has 0 aliphatic rings. The molecule has 1 N–H and O–H groups in total. The zero-order chi connectivity index (χ0) is 22.9. The Morgan fingerprint density at radius 3 is 2.76 bits per heavy atom. The van der Waals surface area contributed by atoms with Gasteiger partial charge < -0.3 is 9.46 Å². The van der Waals surface area contributed by atoms with Crippen molar-refractivity contribution in [1.82, 2.24) is 24.3 Å². The second-order valence-electron chi connectivity index (χ2n) is 6.87. The van der Waals surface area contributed by atoms with Gasteiger partial charge in [-0.3, -0.25) is 4.40 Å². The molecule has 0 amide bonds. The number of nitrogens with zero attached hydrogens (tertiary/aromatic N) is 5. The summed E-state index contributed by atoms with van der Waals surface area (Å²) in [6, 6.07) is 8.42. The zero-order valence-electron chi connectivity index (χ0n) is 17.4. The van der Waals surface area contributed by atoms with Crippen molar-refractivity contribution in [2.75, 3.05) is 18.1 Å². The van der Waals surface area contributed by atoms with E-state index in [1.165, 1.54) is 43.1 Å². The number of hydrogen-bond acceptors (Lipinski definition) is 8. The third-order valence-electron chi connectivity index (χ3n) is 4.88. The number of nitrogens with one attached hydrogen (secondary N) is 1. The monoisotopic (exact) mass is 498 g/mol. The van der Waals surface area contributed by atoms with Crippen LogP contribution >= 0.6 is 35.3 Å². The molecule has 0 aliphatic heterocycles. The predicted octanol–water partition coefficient (Wildman–Crippen LogP) is 5.98. The van der Waals surface area contributed by atoms with E-state index in [9.17, 15) is 4.39 Å². The molecule has 0 spiro atoms. The summed E-state index contributed by atoms with van der Waals surface area (Å²) in [5.74, 6) is 0.0796. The number of aromatic nitrogens is 5. The summed E-state index contributed by atoms with van der Waals surface area (Å²) in [5, 5.41) is 1.94. The first kappa shape index (κ1) is 21.7. The van der Waals surface area contributed by atoms with E-state index in [0.717, 1.165) is 11.0 Å². The fourth-order valence-electron chi connectivity index (χ4n) is 3.40. The van der Waals surface area contributed by atoms with Gasteiger partial charge >= 0.3 is 0 Å². The Kier molecular flexibility index (Phi) is 5.96. The van der Waals surface area contributed by atoms with Gasteiger partial charge in [-0.1, -0.05) is 23.4 Å². The molecule has 33 heavy (non-hydrogen) atoms. The van der Waals surface area contributed by atoms with Gasteiger partial charge in [-0.2, -0.15) is 0 Å². The molecule has 0 bridgehead atoms. The molecule has 7 nitrogen and oxygen atoms in total. The van der Waals surface area contributed by atoms with Gasteiger partial charge in [-0.25, -0.2) is 24.3 Å². The minimum atomic E-state index is -0.363. The number of rotatable bonds is 6. The molecule has 0 saturated carbocycles. The lowest BCUT2D eigenvalue weighted by Gasteiger charge is -2.12. The second kappa shape index (κ2) is 9.05. The lowest BCUT2D eigenvalue weighted by molar-refractivity contribution is 0.387. The normalized spacial score (nSPS) is 11.3. The fourth-order valence-corrected chi connectivity index (χ4v) is 4.72. The molecule has 4 aromatic heterocycles. The van der Waals surface area contributed by atoms with E-state index in [4.69, 9.17) is 16.3 Å². The Hall–Kier alpha value is -3.08. The van der Waals surface area contributed by atoms with Gasteiger partial charge in [0.05, 0.1) is 17.0 Å². The number of imidazole rings is 1. The van der Waals surface area contributed by atoms with E-state index in [2.05, 4.69) is 24.7 Å². The Labute approximate surface area is 201 Å². The number of hydrogen-bond donors (Lipinski definition) is 1. The Bertz CT molecular complexity index is 1500. The number of methoxy groups -OCH3 is 1. The highest BCUT2D eigenvalue weighted by molar-refractivity contribution is 8.00. The van der Waals surface area contributed by atoms with Crippen molar-refractivity contribution in [2.45, 2.75) is 10.1 Å². The maximum absolute atomic E-state index is 15.0. The SMILES string of the molecule is COc1ncc(Cl)cc1SNc1ccc(F)c(-c2cc3cnc(SC)nc3n3ccnc23)c1. The largest absolute Gasteiger partial charge is 0.480 e. The van der Waals surface area contributed by atoms with E-state index in [-0.39, 0.29) is 5.82 Å². The maximum Gasteiger partial charge on any atom is 0.228 e. The zero-order valence-corrected chi connectivity index (χ0v) is 19.8. The highest BCUT2D eigenvalue weighted by Gasteiger charge is 2.16. The van der Waals surface area contributed by atoms with Crippen molar-refractivity contribution in [3.05, 3.63) is 66.0 Å². The lowest BCUT2D eigenvalue weighted by Crippen LogP contribution is -1.98. The van der Waals surface area contributed by atoms with Crippen LogP contribution in [0.3, 0.4) is 0 Å². The number of pyridine rings is 2. The minimum absolute atomic E-state index is 0.363. The first-order chi connectivity index (χ1) is 16.1. The van der Waals surface area contributed by atoms with Crippen LogP contribution < -0.4 is 9.46 Å². The highest BCUT2D eigenvalue weighted by atomic mass is 35.5. The standard InChI is InChI=1S/C22H16ClFN6OS2/c1-31-21-18(8-13(23)11-26-21)33-29-14-3-4-17(24)15(9-14)16-7-12-10-27-22(32-2)28-19(12)30-6-5-25-20(16)30/h3-11,29H,1-2H3. The van der Waals surface area contributed by atoms with Crippen molar-refractivity contribution in [3.8, 4) is 17.0 Å². The molecule has 4 heterocycles. The second-order valence-corrected chi connectivity index (χ2v) is 8.93. The number of anilines is 1. The van der Waals surface area contributed by atoms with Crippen molar-refractivity contribution in [2.24, 2.45) is 0 Å². The lowest BCUT2D eigenvalue weighted by atomic mass is 10.0. The van der Waals surface area contributed by atoms with Gasteiger partial charge in [-0.15, -0.1) is 0 Å². The van der Waals surface area contributed by atoms with Crippen LogP contribution in [0, 0.1) is 5.82 Å². The summed E-state index contributed by atoms with van der Waals surface area (Å²) in [5.41, 5.74) is 3.07. The van der Waals surface area contributed by atoms with E-state index in [0.29, 0.717) is 43.4 Å². The Morgan fingerprint density at radius 1 is 1.06 bits per heavy atom. The summed E-state index contributed by atoms with van der Waals surface area (Å²) in [6.07, 6.45) is 8.66. The molecule has 0 unspecified atom stereocenters. The molecule has 0 aliphatic carbocycles. The van der Waals surface area contributed by atoms with Crippen LogP contribution in [0.15, 0.2) is 65.2 Å². The molecule has 0 fully saturated rings. The summed E-state index contributed by atoms with van der Waals surface area (Å²) < 4.78 is 25.3. The van der Waals surface area contributed by atoms with Gasteiger partial charge in [-0.05, 0) is 48.5 Å². The Morgan fingerprint density at radius 2 is 1.94 bits per heavy atom. The van der Waals surface area contributed by atoms with E-state index in [1.807, 2.05) is 22.9 Å². The van der Waals surface area contributed by atoms with Crippen LogP contribution in [-0.2, 0) is 0 Å². The molecule has 0 radical (unpaired) electrons. The van der Waals surface area contributed by atoms with Gasteiger partial charge in [0, 0.05) is 47.0 Å². The van der Waals surface area contributed by atoms with E-state index < -0.39 is 0 Å². The van der Waals surface area contributed by atoms with Gasteiger partial charge in [0.25, 0.3) is 0 Å². The molecular weight excluding hydrogens is 483 g/mol. The van der Waals surface area contributed by atoms with Crippen molar-refractivity contribution in [3.63, 3.8) is 0 Å². The average molecular weight is 499 g/mol. The molecule has 1 aromatic carbocycles. The van der Waals surface area contributed by atoms with Gasteiger partial charge in [0.2, 0.25) is 5.88 Å². The van der Waals surface area contributed by atoms with Crippen LogP contribution in [0.1, 0.15) is 0 Å². The average Bonchev–Trinajstić information content (AvgIpc) is 3.33. The molecule has 166 valence electrons. The maximum atomic E-state index is 15.0. The first-order valence-corrected chi connectivity index (χ1v) is 12.1. The van der Waals surface area contributed by atoms with Crippen molar-refractivity contribution in [1.29, 1.82) is 0 Å². The quantitative estimate of drug-likeness (QED) is 0.174. The predicted molar refractivity (Wildman–Crippen MR) is 131 cm³/mol. The Balaban J connectivity index is 1.56. The van der Waals surface area contributed by atoms with Crippen molar-refractivity contribution >= 4 is 57.7 Å². The molecule has 0 saturated heterocycles. The summed E-state index contributed by atoms with van der Waals surface area (Å²) in [6.45, 7) is 0. The van der Waals surface area contributed by atoms with Crippen LogP contribution in [0.5, 0.6) is 5.88 Å². The van der Waals surface area contributed by atoms with Crippen LogP contribution in [-0.4, -0.2) is 37.7 Å². The number of ether oxygens (including phenoxy) is 1. The number of fused-ring (bicyclic) bond motifs is 3. The van der Waals surface area contributed by atoms with Crippen LogP contribution in [0.4, 0.5) is 10.1 Å². The smallest absolute Gasteiger partial charge is 0.228 e. The summed E-state index contributed by atoms with van der Waals surface area (Å²) >= 11 is 8.80. The third-order valence-corrected chi connectivity index (χ3v) is 6.50. The number of halogens is 2. The molecule has 0 atom stereocenters. The first-order valence-electron chi connectivity index (χ1n) is 9.66. The van der Waals surface area contributed by atoms with Crippen molar-refractivity contribution < 1.29 is 9.13 Å². The molecule has 5 rings (SSSR count). The van der Waals surface area contributed by atoms with E-state index in [1.54, 1.807) is 30.6 Å². The topological polar surface area (TPSA) is 77.2 Å². The molecule has 5 aromatic rings. The van der Waals surface area contributed by atoms with Gasteiger partial charge in [0.15, 0.2) is 5.16 Å². The number of thioether (sulfide) groups is 1. The third kappa shape index (κ3) is 4.17. The highest BCUT2D eigenvalue weighted by Crippen LogP contribution is 2.35. The fraction of sp³-hybridized carbons (Fsp3) is 0.0909. The van der Waals surface area contributed by atoms with Crippen LogP contribution in [0.25, 0.3) is 27.8 Å². The minimum Gasteiger partial charge on any atom is -0.480 e. The summed E-state index contributed by atoms with van der Waals surface area (Å²) in [4.78, 5) is 18.3. The van der Waals surface area contributed by atoms with E-state index >= 15 is 0 Å². The number of benzene rings is 1.